The third-order valence-electron chi connectivity index (χ3n) is 3.02. The fraction of sp³-hybridized carbons (Fsp3) is 0.214. The van der Waals surface area contributed by atoms with Crippen LogP contribution in [-0.4, -0.2) is 28.2 Å². The first-order valence-electron chi connectivity index (χ1n) is 6.05. The summed E-state index contributed by atoms with van der Waals surface area (Å²) >= 11 is 11.6. The second-order valence-electron chi connectivity index (χ2n) is 4.32. The average Bonchev–Trinajstić information content (AvgIpc) is 2.46. The number of carboxylic acids is 1. The molecule has 0 spiro atoms. The Morgan fingerprint density at radius 2 is 2.00 bits per heavy atom. The Labute approximate surface area is 131 Å². The summed E-state index contributed by atoms with van der Waals surface area (Å²) < 4.78 is 5.06. The highest BCUT2D eigenvalue weighted by atomic mass is 35.5. The van der Waals surface area contributed by atoms with Gasteiger partial charge in [-0.2, -0.15) is 0 Å². The molecule has 0 saturated heterocycles. The van der Waals surface area contributed by atoms with E-state index in [0.717, 1.165) is 0 Å². The van der Waals surface area contributed by atoms with Crippen molar-refractivity contribution in [3.05, 3.63) is 52.0 Å². The zero-order valence-corrected chi connectivity index (χ0v) is 12.6. The fourth-order valence-electron chi connectivity index (χ4n) is 1.91. The zero-order valence-electron chi connectivity index (χ0n) is 11.1. The Bertz CT molecular complexity index is 647. The second kappa shape index (κ2) is 6.74. The number of hydrogen-bond donors (Lipinski definition) is 1. The molecule has 1 unspecified atom stereocenters. The molecular weight excluding hydrogens is 315 g/mol. The molecule has 0 radical (unpaired) electrons. The van der Waals surface area contributed by atoms with Crippen LogP contribution >= 0.6 is 23.2 Å². The number of carboxylic acid groups (broad SMARTS) is 1. The fourth-order valence-corrected chi connectivity index (χ4v) is 2.29. The highest BCUT2D eigenvalue weighted by Gasteiger charge is 2.22. The zero-order chi connectivity index (χ0) is 15.4. The van der Waals surface area contributed by atoms with Gasteiger partial charge in [0.15, 0.2) is 0 Å². The summed E-state index contributed by atoms with van der Waals surface area (Å²) in [4.78, 5) is 19.1. The van der Waals surface area contributed by atoms with Gasteiger partial charge in [0.2, 0.25) is 5.28 Å². The normalized spacial score (nSPS) is 12.0. The Hall–Kier alpha value is -1.85. The topological polar surface area (TPSA) is 72.3 Å². The van der Waals surface area contributed by atoms with E-state index in [9.17, 15) is 9.90 Å². The first-order valence-corrected chi connectivity index (χ1v) is 6.80. The number of benzene rings is 1. The molecule has 0 amide bonds. The third kappa shape index (κ3) is 3.83. The Kier molecular flexibility index (Phi) is 4.98. The predicted molar refractivity (Wildman–Crippen MR) is 79.1 cm³/mol. The van der Waals surface area contributed by atoms with Gasteiger partial charge in [-0.1, -0.05) is 23.7 Å². The minimum absolute atomic E-state index is 0.0278. The maximum Gasteiger partial charge on any atom is 0.311 e. The number of methoxy groups -OCH3 is 1. The van der Waals surface area contributed by atoms with Crippen LogP contribution in [0.25, 0.3) is 0 Å². The molecule has 1 heterocycles. The molecule has 1 N–H and O–H groups in total. The van der Waals surface area contributed by atoms with Crippen LogP contribution in [0, 0.1) is 0 Å². The van der Waals surface area contributed by atoms with Crippen LogP contribution < -0.4 is 4.74 Å². The summed E-state index contributed by atoms with van der Waals surface area (Å²) in [7, 11) is 1.55. The van der Waals surface area contributed by atoms with Crippen molar-refractivity contribution in [2.24, 2.45) is 0 Å². The summed E-state index contributed by atoms with van der Waals surface area (Å²) in [6, 6.07) is 6.85. The van der Waals surface area contributed by atoms with Crippen LogP contribution in [0.15, 0.2) is 30.5 Å². The van der Waals surface area contributed by atoms with E-state index in [1.807, 2.05) is 0 Å². The average molecular weight is 327 g/mol. The van der Waals surface area contributed by atoms with Gasteiger partial charge >= 0.3 is 5.97 Å². The molecule has 2 aromatic rings. The number of aliphatic carboxylic acids is 1. The van der Waals surface area contributed by atoms with Crippen molar-refractivity contribution in [3.63, 3.8) is 0 Å². The number of aromatic nitrogens is 2. The number of hydrogen-bond acceptors (Lipinski definition) is 4. The molecule has 5 nitrogen and oxygen atoms in total. The van der Waals surface area contributed by atoms with E-state index in [0.29, 0.717) is 16.9 Å². The first kappa shape index (κ1) is 15.5. The van der Waals surface area contributed by atoms with Gasteiger partial charge in [-0.25, -0.2) is 9.97 Å². The molecule has 0 aliphatic heterocycles. The lowest BCUT2D eigenvalue weighted by molar-refractivity contribution is -0.138. The van der Waals surface area contributed by atoms with Gasteiger partial charge in [-0.05, 0) is 35.7 Å². The highest BCUT2D eigenvalue weighted by molar-refractivity contribution is 6.32. The van der Waals surface area contributed by atoms with Crippen molar-refractivity contribution in [1.29, 1.82) is 0 Å². The van der Waals surface area contributed by atoms with Gasteiger partial charge in [0, 0.05) is 11.8 Å². The van der Waals surface area contributed by atoms with Gasteiger partial charge in [0.05, 0.1) is 13.0 Å². The number of carbonyl (C=O) groups is 1. The molecule has 1 aromatic carbocycles. The van der Waals surface area contributed by atoms with Crippen molar-refractivity contribution in [1.82, 2.24) is 9.97 Å². The lowest BCUT2D eigenvalue weighted by atomic mass is 9.93. The van der Waals surface area contributed by atoms with Gasteiger partial charge < -0.3 is 9.84 Å². The first-order chi connectivity index (χ1) is 10.0. The summed E-state index contributed by atoms with van der Waals surface area (Å²) in [5.41, 5.74) is 1.18. The highest BCUT2D eigenvalue weighted by Crippen LogP contribution is 2.26. The quantitative estimate of drug-likeness (QED) is 0.674. The van der Waals surface area contributed by atoms with Crippen molar-refractivity contribution in [2.45, 2.75) is 12.3 Å². The summed E-state index contributed by atoms with van der Waals surface area (Å²) in [6.45, 7) is 0. The number of rotatable bonds is 5. The van der Waals surface area contributed by atoms with E-state index in [-0.39, 0.29) is 16.9 Å². The lowest BCUT2D eigenvalue weighted by Crippen LogP contribution is -2.15. The van der Waals surface area contributed by atoms with Crippen LogP contribution in [0.3, 0.4) is 0 Å². The van der Waals surface area contributed by atoms with Crippen LogP contribution in [0.1, 0.15) is 17.0 Å². The molecule has 2 rings (SSSR count). The van der Waals surface area contributed by atoms with Crippen molar-refractivity contribution in [2.75, 3.05) is 7.11 Å². The number of nitrogens with zero attached hydrogens (tertiary/aromatic N) is 2. The maximum atomic E-state index is 11.5. The number of ether oxygens (including phenoxy) is 1. The van der Waals surface area contributed by atoms with Gasteiger partial charge in [0.25, 0.3) is 0 Å². The van der Waals surface area contributed by atoms with Gasteiger partial charge in [-0.3, -0.25) is 4.79 Å². The molecule has 0 saturated carbocycles. The lowest BCUT2D eigenvalue weighted by Gasteiger charge is -2.14. The number of halogens is 2. The van der Waals surface area contributed by atoms with Crippen molar-refractivity contribution < 1.29 is 14.6 Å². The SMILES string of the molecule is COc1ccc(C(Cc2cnc(Cl)nc2Cl)C(=O)O)cc1. The van der Waals surface area contributed by atoms with E-state index in [2.05, 4.69) is 9.97 Å². The minimum Gasteiger partial charge on any atom is -0.497 e. The summed E-state index contributed by atoms with van der Waals surface area (Å²) in [5.74, 6) is -1.04. The van der Waals surface area contributed by atoms with Gasteiger partial charge in [-0.15, -0.1) is 0 Å². The Morgan fingerprint density at radius 3 is 2.52 bits per heavy atom. The van der Waals surface area contributed by atoms with E-state index in [1.165, 1.54) is 6.20 Å². The molecule has 0 aliphatic rings. The third-order valence-corrected chi connectivity index (χ3v) is 3.53. The Morgan fingerprint density at radius 1 is 1.33 bits per heavy atom. The predicted octanol–water partition coefficient (Wildman–Crippen LogP) is 3.20. The second-order valence-corrected chi connectivity index (χ2v) is 5.02. The van der Waals surface area contributed by atoms with Gasteiger partial charge in [0.1, 0.15) is 10.9 Å². The minimum atomic E-state index is -0.953. The van der Waals surface area contributed by atoms with Crippen LogP contribution in [-0.2, 0) is 11.2 Å². The molecule has 1 aromatic heterocycles. The molecule has 0 bridgehead atoms. The largest absolute Gasteiger partial charge is 0.497 e. The molecule has 7 heteroatoms. The molecule has 0 aliphatic carbocycles. The maximum absolute atomic E-state index is 11.5. The van der Waals surface area contributed by atoms with Crippen molar-refractivity contribution in [3.8, 4) is 5.75 Å². The summed E-state index contributed by atoms with van der Waals surface area (Å²) in [5, 5.41) is 9.61. The monoisotopic (exact) mass is 326 g/mol. The Balaban J connectivity index is 2.28. The molecule has 110 valence electrons. The molecule has 0 fully saturated rings. The molecular formula is C14H12Cl2N2O3. The van der Waals surface area contributed by atoms with Crippen LogP contribution in [0.4, 0.5) is 0 Å². The van der Waals surface area contributed by atoms with Crippen molar-refractivity contribution >= 4 is 29.2 Å². The smallest absolute Gasteiger partial charge is 0.311 e. The van der Waals surface area contributed by atoms with E-state index < -0.39 is 11.9 Å². The summed E-state index contributed by atoms with van der Waals surface area (Å²) in [6.07, 6.45) is 1.62. The molecule has 1 atom stereocenters. The van der Waals surface area contributed by atoms with Crippen LogP contribution in [0.5, 0.6) is 5.75 Å². The van der Waals surface area contributed by atoms with E-state index in [4.69, 9.17) is 27.9 Å². The van der Waals surface area contributed by atoms with E-state index >= 15 is 0 Å². The van der Waals surface area contributed by atoms with E-state index in [1.54, 1.807) is 31.4 Å². The standard InChI is InChI=1S/C14H12Cl2N2O3/c1-21-10-4-2-8(3-5-10)11(13(19)20)6-9-7-17-14(16)18-12(9)15/h2-5,7,11H,6H2,1H3,(H,19,20). The molecule has 21 heavy (non-hydrogen) atoms. The van der Waals surface area contributed by atoms with Crippen LogP contribution in [0.2, 0.25) is 10.4 Å².